The minimum Gasteiger partial charge on any atom is -0.335 e. The molecule has 3 nitrogen and oxygen atoms in total. The first-order valence-electron chi connectivity index (χ1n) is 7.18. The van der Waals surface area contributed by atoms with Gasteiger partial charge in [-0.25, -0.2) is 4.98 Å². The predicted molar refractivity (Wildman–Crippen MR) is 75.3 cm³/mol. The quantitative estimate of drug-likeness (QED) is 0.736. The van der Waals surface area contributed by atoms with E-state index in [0.29, 0.717) is 22.7 Å². The number of fused-ring (bicyclic) bond motifs is 1. The molecule has 0 spiro atoms. The van der Waals surface area contributed by atoms with Crippen molar-refractivity contribution in [3.8, 4) is 0 Å². The summed E-state index contributed by atoms with van der Waals surface area (Å²) >= 11 is 5.88. The van der Waals surface area contributed by atoms with E-state index < -0.39 is 0 Å². The zero-order valence-corrected chi connectivity index (χ0v) is 11.8. The molecule has 0 radical (unpaired) electrons. The van der Waals surface area contributed by atoms with Gasteiger partial charge in [0.15, 0.2) is 0 Å². The highest BCUT2D eigenvalue weighted by atomic mass is 35.5. The Bertz CT molecular complexity index is 475. The van der Waals surface area contributed by atoms with Crippen molar-refractivity contribution in [2.75, 3.05) is 6.54 Å². The fourth-order valence-corrected chi connectivity index (χ4v) is 3.75. The van der Waals surface area contributed by atoms with Gasteiger partial charge in [-0.2, -0.15) is 0 Å². The normalized spacial score (nSPS) is 26.9. The molecule has 2 fully saturated rings. The third-order valence-corrected chi connectivity index (χ3v) is 4.68. The molecule has 4 heteroatoms. The Hall–Kier alpha value is -1.09. The summed E-state index contributed by atoms with van der Waals surface area (Å²) in [6, 6.07) is 3.89. The van der Waals surface area contributed by atoms with Crippen LogP contribution in [0.15, 0.2) is 18.3 Å². The van der Waals surface area contributed by atoms with Gasteiger partial charge in [-0.1, -0.05) is 24.4 Å². The lowest BCUT2D eigenvalue weighted by Gasteiger charge is -2.44. The highest BCUT2D eigenvalue weighted by Crippen LogP contribution is 2.35. The Morgan fingerprint density at radius 3 is 2.89 bits per heavy atom. The summed E-state index contributed by atoms with van der Waals surface area (Å²) in [5, 5.41) is 0.392. The highest BCUT2D eigenvalue weighted by molar-refractivity contribution is 6.29. The maximum absolute atomic E-state index is 12.6. The molecule has 2 aliphatic rings. The highest BCUT2D eigenvalue weighted by Gasteiger charge is 2.35. The summed E-state index contributed by atoms with van der Waals surface area (Å²) in [6.07, 6.45) is 9.04. The van der Waals surface area contributed by atoms with Crippen molar-refractivity contribution in [1.82, 2.24) is 9.88 Å². The van der Waals surface area contributed by atoms with Crippen LogP contribution in [0.1, 0.15) is 48.9 Å². The van der Waals surface area contributed by atoms with Gasteiger partial charge in [-0.05, 0) is 43.7 Å². The van der Waals surface area contributed by atoms with E-state index in [4.69, 9.17) is 11.6 Å². The second-order valence-corrected chi connectivity index (χ2v) is 6.01. The first-order valence-corrected chi connectivity index (χ1v) is 7.56. The van der Waals surface area contributed by atoms with Crippen molar-refractivity contribution < 1.29 is 4.79 Å². The fraction of sp³-hybridized carbons (Fsp3) is 0.600. The number of likely N-dealkylation sites (tertiary alicyclic amines) is 1. The van der Waals surface area contributed by atoms with Gasteiger partial charge in [0.2, 0.25) is 0 Å². The van der Waals surface area contributed by atoms with Crippen LogP contribution < -0.4 is 0 Å². The fourth-order valence-electron chi connectivity index (χ4n) is 3.58. The molecule has 102 valence electrons. The van der Waals surface area contributed by atoms with E-state index in [2.05, 4.69) is 9.88 Å². The number of amides is 1. The predicted octanol–water partition coefficient (Wildman–Crippen LogP) is 3.53. The summed E-state index contributed by atoms with van der Waals surface area (Å²) in [4.78, 5) is 18.7. The lowest BCUT2D eigenvalue weighted by Crippen LogP contribution is -2.49. The number of halogens is 1. The van der Waals surface area contributed by atoms with Crippen molar-refractivity contribution in [2.45, 2.75) is 44.6 Å². The molecule has 19 heavy (non-hydrogen) atoms. The van der Waals surface area contributed by atoms with Crippen LogP contribution in [0.25, 0.3) is 0 Å². The Morgan fingerprint density at radius 2 is 2.05 bits per heavy atom. The van der Waals surface area contributed by atoms with E-state index in [1.54, 1.807) is 18.3 Å². The largest absolute Gasteiger partial charge is 0.335 e. The minimum atomic E-state index is 0.126. The number of pyridine rings is 1. The SMILES string of the molecule is O=C(c1ccnc(Cl)c1)N1CCCC2CCCCC21. The Labute approximate surface area is 119 Å². The van der Waals surface area contributed by atoms with E-state index in [-0.39, 0.29) is 5.91 Å². The van der Waals surface area contributed by atoms with Crippen molar-refractivity contribution >= 4 is 17.5 Å². The molecule has 2 heterocycles. The van der Waals surface area contributed by atoms with Gasteiger partial charge in [-0.15, -0.1) is 0 Å². The van der Waals surface area contributed by atoms with E-state index in [1.807, 2.05) is 0 Å². The number of hydrogen-bond donors (Lipinski definition) is 0. The van der Waals surface area contributed by atoms with Crippen molar-refractivity contribution in [3.05, 3.63) is 29.0 Å². The van der Waals surface area contributed by atoms with Crippen LogP contribution in [0.2, 0.25) is 5.15 Å². The van der Waals surface area contributed by atoms with E-state index in [1.165, 1.54) is 25.7 Å². The molecular formula is C15H19ClN2O. The van der Waals surface area contributed by atoms with Crippen LogP contribution >= 0.6 is 11.6 Å². The average molecular weight is 279 g/mol. The Morgan fingerprint density at radius 1 is 1.26 bits per heavy atom. The third kappa shape index (κ3) is 2.62. The Kier molecular flexibility index (Phi) is 3.74. The number of piperidine rings is 1. The van der Waals surface area contributed by atoms with E-state index in [9.17, 15) is 4.79 Å². The molecule has 1 aromatic heterocycles. The van der Waals surface area contributed by atoms with Crippen molar-refractivity contribution in [1.29, 1.82) is 0 Å². The molecule has 3 rings (SSSR count). The number of carbonyl (C=O) groups is 1. The summed E-state index contributed by atoms with van der Waals surface area (Å²) in [6.45, 7) is 0.889. The number of rotatable bonds is 1. The monoisotopic (exact) mass is 278 g/mol. The summed E-state index contributed by atoms with van der Waals surface area (Å²) < 4.78 is 0. The number of hydrogen-bond acceptors (Lipinski definition) is 2. The molecule has 1 aliphatic carbocycles. The van der Waals surface area contributed by atoms with Gasteiger partial charge in [0.25, 0.3) is 5.91 Å². The van der Waals surface area contributed by atoms with Gasteiger partial charge < -0.3 is 4.90 Å². The molecule has 1 aliphatic heterocycles. The first-order chi connectivity index (χ1) is 9.25. The molecule has 0 N–H and O–H groups in total. The molecule has 0 bridgehead atoms. The molecule has 1 amide bonds. The number of nitrogens with zero attached hydrogens (tertiary/aromatic N) is 2. The first kappa shape index (κ1) is 12.9. The van der Waals surface area contributed by atoms with Crippen LogP contribution in [0, 0.1) is 5.92 Å². The van der Waals surface area contributed by atoms with Gasteiger partial charge in [0.1, 0.15) is 5.15 Å². The van der Waals surface area contributed by atoms with Crippen LogP contribution in [-0.4, -0.2) is 28.4 Å². The molecule has 2 atom stereocenters. The smallest absolute Gasteiger partial charge is 0.254 e. The summed E-state index contributed by atoms with van der Waals surface area (Å²) in [5.74, 6) is 0.838. The summed E-state index contributed by atoms with van der Waals surface area (Å²) in [5.41, 5.74) is 0.672. The molecule has 1 saturated heterocycles. The van der Waals surface area contributed by atoms with Gasteiger partial charge >= 0.3 is 0 Å². The summed E-state index contributed by atoms with van der Waals surface area (Å²) in [7, 11) is 0. The van der Waals surface area contributed by atoms with E-state index in [0.717, 1.165) is 19.4 Å². The van der Waals surface area contributed by atoms with Crippen molar-refractivity contribution in [2.24, 2.45) is 5.92 Å². The van der Waals surface area contributed by atoms with Gasteiger partial charge in [0.05, 0.1) is 0 Å². The third-order valence-electron chi connectivity index (χ3n) is 4.48. The topological polar surface area (TPSA) is 33.2 Å². The molecule has 0 aromatic carbocycles. The van der Waals surface area contributed by atoms with E-state index >= 15 is 0 Å². The standard InChI is InChI=1S/C15H19ClN2O/c16-14-10-12(7-8-17-14)15(19)18-9-3-5-11-4-1-2-6-13(11)18/h7-8,10-11,13H,1-6,9H2. The lowest BCUT2D eigenvalue weighted by molar-refractivity contribution is 0.0390. The molecule has 2 unspecified atom stereocenters. The Balaban J connectivity index is 1.82. The average Bonchev–Trinajstić information content (AvgIpc) is 2.46. The number of carbonyl (C=O) groups excluding carboxylic acids is 1. The maximum atomic E-state index is 12.6. The van der Waals surface area contributed by atoms with Crippen LogP contribution in [-0.2, 0) is 0 Å². The maximum Gasteiger partial charge on any atom is 0.254 e. The van der Waals surface area contributed by atoms with Crippen molar-refractivity contribution in [3.63, 3.8) is 0 Å². The van der Waals surface area contributed by atoms with Crippen LogP contribution in [0.4, 0.5) is 0 Å². The second kappa shape index (κ2) is 5.49. The van der Waals surface area contributed by atoms with Gasteiger partial charge in [0, 0.05) is 24.3 Å². The zero-order chi connectivity index (χ0) is 13.2. The second-order valence-electron chi connectivity index (χ2n) is 5.62. The lowest BCUT2D eigenvalue weighted by atomic mass is 9.78. The number of aromatic nitrogens is 1. The molecule has 1 saturated carbocycles. The van der Waals surface area contributed by atoms with Crippen LogP contribution in [0.3, 0.4) is 0 Å². The minimum absolute atomic E-state index is 0.126. The van der Waals surface area contributed by atoms with Crippen LogP contribution in [0.5, 0.6) is 0 Å². The molecule has 1 aromatic rings. The molecular weight excluding hydrogens is 260 g/mol. The van der Waals surface area contributed by atoms with Gasteiger partial charge in [-0.3, -0.25) is 4.79 Å². The zero-order valence-electron chi connectivity index (χ0n) is 11.0.